The van der Waals surface area contributed by atoms with Gasteiger partial charge in [-0.1, -0.05) is 17.8 Å². The number of aromatic nitrogens is 1. The Morgan fingerprint density at radius 1 is 1.22 bits per heavy atom. The lowest BCUT2D eigenvalue weighted by atomic mass is 10.1. The summed E-state index contributed by atoms with van der Waals surface area (Å²) in [6.45, 7) is 5.75. The van der Waals surface area contributed by atoms with Gasteiger partial charge in [-0.15, -0.1) is 0 Å². The van der Waals surface area contributed by atoms with Gasteiger partial charge in [0.2, 0.25) is 0 Å². The van der Waals surface area contributed by atoms with E-state index in [-0.39, 0.29) is 17.2 Å². The summed E-state index contributed by atoms with van der Waals surface area (Å²) in [5.41, 5.74) is 3.54. The molecule has 1 amide bonds. The third-order valence-electron chi connectivity index (χ3n) is 4.53. The van der Waals surface area contributed by atoms with Crippen molar-refractivity contribution in [3.8, 4) is 5.69 Å². The molecule has 2 aromatic rings. The highest BCUT2D eigenvalue weighted by atomic mass is 32.2. The lowest BCUT2D eigenvalue weighted by Gasteiger charge is -2.22. The van der Waals surface area contributed by atoms with Crippen LogP contribution in [0.3, 0.4) is 0 Å². The second-order valence-corrected chi connectivity index (χ2v) is 7.67. The quantitative estimate of drug-likeness (QED) is 0.786. The highest BCUT2D eigenvalue weighted by Gasteiger charge is 2.33. The first-order valence-corrected chi connectivity index (χ1v) is 9.21. The number of thioether (sulfide) groups is 1. The van der Waals surface area contributed by atoms with Gasteiger partial charge in [-0.2, -0.15) is 4.99 Å². The van der Waals surface area contributed by atoms with Crippen LogP contribution in [0.1, 0.15) is 23.9 Å². The number of amides is 1. The Morgan fingerprint density at radius 2 is 2.00 bits per heavy atom. The monoisotopic (exact) mass is 380 g/mol. The first-order valence-electron chi connectivity index (χ1n) is 8.39. The van der Waals surface area contributed by atoms with Gasteiger partial charge in [-0.25, -0.2) is 4.39 Å². The molecule has 136 valence electrons. The fourth-order valence-corrected chi connectivity index (χ4v) is 4.12. The van der Waals surface area contributed by atoms with Crippen molar-refractivity contribution in [2.45, 2.75) is 20.8 Å². The molecular weight excluding hydrogens is 363 g/mol. The van der Waals surface area contributed by atoms with Gasteiger partial charge < -0.3 is 4.57 Å². The lowest BCUT2D eigenvalue weighted by Crippen LogP contribution is -2.35. The summed E-state index contributed by atoms with van der Waals surface area (Å²) in [5.74, 6) is -0.609. The predicted molar refractivity (Wildman–Crippen MR) is 107 cm³/mol. The molecule has 27 heavy (non-hydrogen) atoms. The summed E-state index contributed by atoms with van der Waals surface area (Å²) in [5, 5.41) is 8.93. The van der Waals surface area contributed by atoms with E-state index in [2.05, 4.69) is 4.99 Å². The zero-order valence-corrected chi connectivity index (χ0v) is 15.9. The molecule has 0 radical (unpaired) electrons. The zero-order chi connectivity index (χ0) is 19.3. The van der Waals surface area contributed by atoms with Crippen molar-refractivity contribution < 1.29 is 9.18 Å². The van der Waals surface area contributed by atoms with Crippen LogP contribution in [-0.4, -0.2) is 26.4 Å². The third-order valence-corrected chi connectivity index (χ3v) is 5.43. The standard InChI is InChI=1S/C20H17FN4OS/c1-11-7-14(13(3)25(11)16-6-4-5-15(21)9-16)8-17-18(22)24-10-12(2)27-20(24)23-19(17)26/h4-10,22H,1-3H3/b17-8-,22-18?. The molecule has 1 aromatic heterocycles. The SMILES string of the molecule is CC1=CN2C(=N)/C(=C/c3cc(C)n(-c4cccc(F)c4)c3C)C(=O)N=C2S1. The van der Waals surface area contributed by atoms with Crippen LogP contribution in [-0.2, 0) is 4.79 Å². The first-order chi connectivity index (χ1) is 12.8. The summed E-state index contributed by atoms with van der Waals surface area (Å²) < 4.78 is 15.6. The molecule has 2 aliphatic rings. The number of hydrogen-bond donors (Lipinski definition) is 1. The molecule has 4 rings (SSSR count). The van der Waals surface area contributed by atoms with E-state index in [0.29, 0.717) is 5.17 Å². The molecule has 0 spiro atoms. The highest BCUT2D eigenvalue weighted by molar-refractivity contribution is 8.17. The van der Waals surface area contributed by atoms with Gasteiger partial charge in [0.15, 0.2) is 5.17 Å². The Labute approximate surface area is 160 Å². The maximum absolute atomic E-state index is 13.6. The largest absolute Gasteiger partial charge is 0.318 e. The van der Waals surface area contributed by atoms with E-state index in [1.807, 2.05) is 43.7 Å². The Kier molecular flexibility index (Phi) is 4.11. The van der Waals surface area contributed by atoms with Crippen molar-refractivity contribution in [3.05, 3.63) is 69.8 Å². The smallest absolute Gasteiger partial charge is 0.283 e. The van der Waals surface area contributed by atoms with Crippen molar-refractivity contribution in [1.82, 2.24) is 9.47 Å². The van der Waals surface area contributed by atoms with E-state index in [0.717, 1.165) is 27.5 Å². The molecule has 1 N–H and O–H groups in total. The summed E-state index contributed by atoms with van der Waals surface area (Å²) >= 11 is 1.38. The van der Waals surface area contributed by atoms with Crippen molar-refractivity contribution in [1.29, 1.82) is 5.41 Å². The number of fused-ring (bicyclic) bond motifs is 1. The Balaban J connectivity index is 1.78. The van der Waals surface area contributed by atoms with E-state index < -0.39 is 5.91 Å². The minimum absolute atomic E-state index is 0.116. The Morgan fingerprint density at radius 3 is 2.74 bits per heavy atom. The van der Waals surface area contributed by atoms with Crippen LogP contribution in [0.4, 0.5) is 4.39 Å². The first kappa shape index (κ1) is 17.5. The number of aliphatic imine (C=N–C) groups is 1. The second kappa shape index (κ2) is 6.35. The summed E-state index contributed by atoms with van der Waals surface area (Å²) in [6.07, 6.45) is 3.50. The lowest BCUT2D eigenvalue weighted by molar-refractivity contribution is -0.114. The van der Waals surface area contributed by atoms with Gasteiger partial charge >= 0.3 is 0 Å². The summed E-state index contributed by atoms with van der Waals surface area (Å²) in [7, 11) is 0. The maximum atomic E-state index is 13.6. The number of allylic oxidation sites excluding steroid dienone is 1. The highest BCUT2D eigenvalue weighted by Crippen LogP contribution is 2.33. The Hall–Kier alpha value is -2.93. The van der Waals surface area contributed by atoms with E-state index >= 15 is 0 Å². The molecule has 0 atom stereocenters. The zero-order valence-electron chi connectivity index (χ0n) is 15.1. The average molecular weight is 380 g/mol. The number of hydrogen-bond acceptors (Lipinski definition) is 3. The van der Waals surface area contributed by atoms with Crippen LogP contribution in [0.25, 0.3) is 11.8 Å². The molecule has 2 aliphatic heterocycles. The van der Waals surface area contributed by atoms with Gasteiger partial charge in [0.25, 0.3) is 5.91 Å². The molecule has 0 saturated carbocycles. The van der Waals surface area contributed by atoms with Crippen LogP contribution in [0, 0.1) is 25.1 Å². The Bertz CT molecular complexity index is 1090. The van der Waals surface area contributed by atoms with Gasteiger partial charge in [0, 0.05) is 28.2 Å². The predicted octanol–water partition coefficient (Wildman–Crippen LogP) is 4.40. The van der Waals surface area contributed by atoms with E-state index in [1.165, 1.54) is 23.9 Å². The molecule has 1 aromatic carbocycles. The molecule has 0 saturated heterocycles. The van der Waals surface area contributed by atoms with Gasteiger partial charge in [0.1, 0.15) is 11.7 Å². The average Bonchev–Trinajstić information content (AvgIpc) is 3.10. The van der Waals surface area contributed by atoms with E-state index in [1.54, 1.807) is 17.0 Å². The molecule has 7 heteroatoms. The van der Waals surface area contributed by atoms with Crippen molar-refractivity contribution in [3.63, 3.8) is 0 Å². The fourth-order valence-electron chi connectivity index (χ4n) is 3.30. The third kappa shape index (κ3) is 2.94. The topological polar surface area (TPSA) is 61.5 Å². The number of halogens is 1. The number of benzene rings is 1. The minimum atomic E-state index is -0.419. The van der Waals surface area contributed by atoms with E-state index in [9.17, 15) is 9.18 Å². The van der Waals surface area contributed by atoms with Gasteiger partial charge in [-0.05, 0) is 56.7 Å². The van der Waals surface area contributed by atoms with Crippen molar-refractivity contribution in [2.75, 3.05) is 0 Å². The molecule has 3 heterocycles. The fraction of sp³-hybridized carbons (Fsp3) is 0.150. The molecule has 0 fully saturated rings. The van der Waals surface area contributed by atoms with Gasteiger partial charge in [0.05, 0.1) is 5.57 Å². The number of amidine groups is 2. The summed E-state index contributed by atoms with van der Waals surface area (Å²) in [4.78, 5) is 19.2. The number of nitrogens with one attached hydrogen (secondary N) is 1. The van der Waals surface area contributed by atoms with Crippen molar-refractivity contribution >= 4 is 34.7 Å². The number of rotatable bonds is 2. The van der Waals surface area contributed by atoms with Crippen LogP contribution in [0.5, 0.6) is 0 Å². The van der Waals surface area contributed by atoms with Crippen molar-refractivity contribution in [2.24, 2.45) is 4.99 Å². The second-order valence-electron chi connectivity index (χ2n) is 6.46. The molecular formula is C20H17FN4OS. The van der Waals surface area contributed by atoms with E-state index in [4.69, 9.17) is 5.41 Å². The molecule has 0 bridgehead atoms. The summed E-state index contributed by atoms with van der Waals surface area (Å²) in [6, 6.07) is 8.29. The number of nitrogens with zero attached hydrogens (tertiary/aromatic N) is 3. The van der Waals surface area contributed by atoms with Crippen LogP contribution in [0.15, 0.2) is 52.0 Å². The normalized spacial score (nSPS) is 18.1. The van der Waals surface area contributed by atoms with Crippen LogP contribution >= 0.6 is 11.8 Å². The molecule has 0 unspecified atom stereocenters. The minimum Gasteiger partial charge on any atom is -0.318 e. The number of carbonyl (C=O) groups excluding carboxylic acids is 1. The maximum Gasteiger partial charge on any atom is 0.283 e. The van der Waals surface area contributed by atoms with Gasteiger partial charge in [-0.3, -0.25) is 15.1 Å². The number of carbonyl (C=O) groups is 1. The van der Waals surface area contributed by atoms with Crippen LogP contribution < -0.4 is 0 Å². The molecule has 0 aliphatic carbocycles. The molecule has 5 nitrogen and oxygen atoms in total. The number of aryl methyl sites for hydroxylation is 1. The van der Waals surface area contributed by atoms with Crippen LogP contribution in [0.2, 0.25) is 0 Å².